The average Bonchev–Trinajstić information content (AvgIpc) is 2.57. The molecule has 0 saturated heterocycles. The van der Waals surface area contributed by atoms with Crippen LogP contribution in [0.25, 0.3) is 0 Å². The number of benzene rings is 2. The number of nitrogens with zero attached hydrogens (tertiary/aromatic N) is 1. The molecule has 1 unspecified atom stereocenters. The lowest BCUT2D eigenvalue weighted by Gasteiger charge is -2.35. The van der Waals surface area contributed by atoms with E-state index in [1.807, 2.05) is 29.2 Å². The van der Waals surface area contributed by atoms with Crippen LogP contribution >= 0.6 is 0 Å². The number of halogens is 2. The first kappa shape index (κ1) is 15.5. The van der Waals surface area contributed by atoms with E-state index in [9.17, 15) is 13.6 Å². The van der Waals surface area contributed by atoms with Gasteiger partial charge in [-0.15, -0.1) is 0 Å². The molecule has 1 heterocycles. The van der Waals surface area contributed by atoms with Crippen LogP contribution in [0.4, 0.5) is 20.2 Å². The summed E-state index contributed by atoms with van der Waals surface area (Å²) in [5.41, 5.74) is 1.81. The molecule has 2 aromatic carbocycles. The maximum Gasteiger partial charge on any atom is 0.246 e. The Morgan fingerprint density at radius 1 is 1.13 bits per heavy atom. The normalized spacial score (nSPS) is 15.0. The molecule has 3 nitrogen and oxygen atoms in total. The fraction of sp³-hybridized carbons (Fsp3) is 0.278. The quantitative estimate of drug-likeness (QED) is 0.935. The Balaban J connectivity index is 1.81. The first-order chi connectivity index (χ1) is 11.1. The summed E-state index contributed by atoms with van der Waals surface area (Å²) in [6.07, 6.45) is 1.92. The van der Waals surface area contributed by atoms with Crippen molar-refractivity contribution in [2.24, 2.45) is 0 Å². The lowest BCUT2D eigenvalue weighted by Crippen LogP contribution is -2.44. The number of carbonyl (C=O) groups is 1. The minimum Gasteiger partial charge on any atom is -0.360 e. The number of carbonyl (C=O) groups excluding carboxylic acids is 1. The zero-order valence-electron chi connectivity index (χ0n) is 12.9. The van der Waals surface area contributed by atoms with Crippen LogP contribution in [-0.2, 0) is 11.2 Å². The smallest absolute Gasteiger partial charge is 0.246 e. The van der Waals surface area contributed by atoms with Crippen LogP contribution in [0.3, 0.4) is 0 Å². The molecule has 120 valence electrons. The van der Waals surface area contributed by atoms with Crippen molar-refractivity contribution in [1.82, 2.24) is 0 Å². The van der Waals surface area contributed by atoms with Gasteiger partial charge in [-0.1, -0.05) is 24.3 Å². The average molecular weight is 316 g/mol. The van der Waals surface area contributed by atoms with Crippen LogP contribution < -0.4 is 10.2 Å². The van der Waals surface area contributed by atoms with Crippen LogP contribution in [0.1, 0.15) is 18.9 Å². The highest BCUT2D eigenvalue weighted by atomic mass is 19.1. The molecular formula is C18H18F2N2O. The molecular weight excluding hydrogens is 298 g/mol. The van der Waals surface area contributed by atoms with Gasteiger partial charge in [0.2, 0.25) is 5.91 Å². The van der Waals surface area contributed by atoms with Gasteiger partial charge < -0.3 is 10.2 Å². The Kier molecular flexibility index (Phi) is 4.28. The molecule has 23 heavy (non-hydrogen) atoms. The molecule has 0 fully saturated rings. The summed E-state index contributed by atoms with van der Waals surface area (Å²) < 4.78 is 27.4. The molecule has 1 aliphatic heterocycles. The van der Waals surface area contributed by atoms with Gasteiger partial charge in [-0.3, -0.25) is 4.79 Å². The number of hydrogen-bond donors (Lipinski definition) is 1. The van der Waals surface area contributed by atoms with E-state index in [2.05, 4.69) is 5.32 Å². The van der Waals surface area contributed by atoms with Crippen LogP contribution in [-0.4, -0.2) is 18.5 Å². The van der Waals surface area contributed by atoms with Crippen molar-refractivity contribution in [1.29, 1.82) is 0 Å². The molecule has 0 aliphatic carbocycles. The maximum atomic E-state index is 13.7. The number of rotatable bonds is 3. The van der Waals surface area contributed by atoms with Gasteiger partial charge in [0.25, 0.3) is 0 Å². The number of aryl methyl sites for hydroxylation is 1. The van der Waals surface area contributed by atoms with Crippen molar-refractivity contribution in [3.63, 3.8) is 0 Å². The molecule has 1 aliphatic rings. The molecule has 0 saturated carbocycles. The predicted molar refractivity (Wildman–Crippen MR) is 86.6 cm³/mol. The molecule has 2 aromatic rings. The van der Waals surface area contributed by atoms with Crippen molar-refractivity contribution < 1.29 is 13.6 Å². The summed E-state index contributed by atoms with van der Waals surface area (Å²) >= 11 is 0. The minimum atomic E-state index is -0.774. The third-order valence-corrected chi connectivity index (χ3v) is 4.20. The zero-order valence-corrected chi connectivity index (χ0v) is 12.9. The number of nitrogens with one attached hydrogen (secondary N) is 1. The Hall–Kier alpha value is -2.43. The number of para-hydroxylation sites is 2. The van der Waals surface area contributed by atoms with E-state index in [0.29, 0.717) is 0 Å². The van der Waals surface area contributed by atoms with Gasteiger partial charge in [0.15, 0.2) is 0 Å². The van der Waals surface area contributed by atoms with Crippen LogP contribution in [0.15, 0.2) is 42.5 Å². The van der Waals surface area contributed by atoms with E-state index >= 15 is 0 Å². The van der Waals surface area contributed by atoms with Gasteiger partial charge in [0.05, 0.1) is 0 Å². The van der Waals surface area contributed by atoms with Gasteiger partial charge in [0.1, 0.15) is 23.4 Å². The largest absolute Gasteiger partial charge is 0.360 e. The monoisotopic (exact) mass is 316 g/mol. The number of anilines is 2. The fourth-order valence-corrected chi connectivity index (χ4v) is 2.95. The highest BCUT2D eigenvalue weighted by Crippen LogP contribution is 2.29. The third kappa shape index (κ3) is 3.04. The molecule has 1 atom stereocenters. The SMILES string of the molecule is CC(C(=O)Nc1c(F)cccc1F)N1CCCc2ccccc21. The molecule has 0 bridgehead atoms. The van der Waals surface area contributed by atoms with E-state index in [0.717, 1.165) is 37.2 Å². The van der Waals surface area contributed by atoms with Crippen molar-refractivity contribution in [3.05, 3.63) is 59.7 Å². The first-order valence-electron chi connectivity index (χ1n) is 7.67. The van der Waals surface area contributed by atoms with Gasteiger partial charge in [-0.25, -0.2) is 8.78 Å². The van der Waals surface area contributed by atoms with Crippen molar-refractivity contribution >= 4 is 17.3 Å². The second-order valence-corrected chi connectivity index (χ2v) is 5.69. The number of fused-ring (bicyclic) bond motifs is 1. The summed E-state index contributed by atoms with van der Waals surface area (Å²) in [6, 6.07) is 10.9. The summed E-state index contributed by atoms with van der Waals surface area (Å²) in [5, 5.41) is 2.38. The second kappa shape index (κ2) is 6.36. The Morgan fingerprint density at radius 2 is 1.83 bits per heavy atom. The van der Waals surface area contributed by atoms with Crippen molar-refractivity contribution in [3.8, 4) is 0 Å². The fourth-order valence-electron chi connectivity index (χ4n) is 2.95. The van der Waals surface area contributed by atoms with Gasteiger partial charge in [0, 0.05) is 12.2 Å². The molecule has 1 N–H and O–H groups in total. The zero-order chi connectivity index (χ0) is 16.4. The van der Waals surface area contributed by atoms with E-state index < -0.39 is 29.3 Å². The molecule has 0 radical (unpaired) electrons. The summed E-state index contributed by atoms with van der Waals surface area (Å²) in [7, 11) is 0. The minimum absolute atomic E-state index is 0.394. The lowest BCUT2D eigenvalue weighted by atomic mass is 10.00. The first-order valence-corrected chi connectivity index (χ1v) is 7.67. The number of hydrogen-bond acceptors (Lipinski definition) is 2. The second-order valence-electron chi connectivity index (χ2n) is 5.69. The van der Waals surface area contributed by atoms with Crippen molar-refractivity contribution in [2.75, 3.05) is 16.8 Å². The third-order valence-electron chi connectivity index (χ3n) is 4.20. The molecule has 5 heteroatoms. The van der Waals surface area contributed by atoms with Crippen LogP contribution in [0.2, 0.25) is 0 Å². The van der Waals surface area contributed by atoms with Crippen LogP contribution in [0, 0.1) is 11.6 Å². The highest BCUT2D eigenvalue weighted by Gasteiger charge is 2.26. The summed E-state index contributed by atoms with van der Waals surface area (Å²) in [4.78, 5) is 14.4. The molecule has 1 amide bonds. The molecule has 0 spiro atoms. The molecule has 3 rings (SSSR count). The Morgan fingerprint density at radius 3 is 2.57 bits per heavy atom. The topological polar surface area (TPSA) is 32.3 Å². The lowest BCUT2D eigenvalue weighted by molar-refractivity contribution is -0.117. The Labute approximate surface area is 133 Å². The van der Waals surface area contributed by atoms with Gasteiger partial charge >= 0.3 is 0 Å². The van der Waals surface area contributed by atoms with Gasteiger partial charge in [-0.05, 0) is 43.5 Å². The van der Waals surface area contributed by atoms with Crippen molar-refractivity contribution in [2.45, 2.75) is 25.8 Å². The molecule has 0 aromatic heterocycles. The van der Waals surface area contributed by atoms with E-state index in [-0.39, 0.29) is 0 Å². The highest BCUT2D eigenvalue weighted by molar-refractivity contribution is 5.97. The number of amides is 1. The predicted octanol–water partition coefficient (Wildman–Crippen LogP) is 3.74. The standard InChI is InChI=1S/C18H18F2N2O/c1-12(18(23)21-17-14(19)8-4-9-15(17)20)22-11-5-7-13-6-2-3-10-16(13)22/h2-4,6,8-10,12H,5,7,11H2,1H3,(H,21,23). The van der Waals surface area contributed by atoms with Gasteiger partial charge in [-0.2, -0.15) is 0 Å². The summed E-state index contributed by atoms with van der Waals surface area (Å²) in [5.74, 6) is -1.97. The van der Waals surface area contributed by atoms with E-state index in [1.54, 1.807) is 6.92 Å². The van der Waals surface area contributed by atoms with E-state index in [4.69, 9.17) is 0 Å². The maximum absolute atomic E-state index is 13.7. The Bertz CT molecular complexity index is 712. The van der Waals surface area contributed by atoms with Crippen LogP contribution in [0.5, 0.6) is 0 Å². The van der Waals surface area contributed by atoms with E-state index in [1.165, 1.54) is 11.6 Å². The summed E-state index contributed by atoms with van der Waals surface area (Å²) in [6.45, 7) is 2.49.